The summed E-state index contributed by atoms with van der Waals surface area (Å²) in [5.41, 5.74) is 0.698. The van der Waals surface area contributed by atoms with E-state index in [0.29, 0.717) is 50.3 Å². The first kappa shape index (κ1) is 27.3. The Morgan fingerprint density at radius 2 is 1.89 bits per heavy atom. The minimum atomic E-state index is -0.691. The molecule has 4 rings (SSSR count). The average molecular weight is 528 g/mol. The van der Waals surface area contributed by atoms with Crippen LogP contribution in [0.2, 0.25) is 0 Å². The van der Waals surface area contributed by atoms with Crippen LogP contribution in [-0.4, -0.2) is 89.1 Å². The first-order valence-corrected chi connectivity index (χ1v) is 13.7. The number of aliphatic hydroxyl groups is 1. The Hall–Kier alpha value is -2.78. The van der Waals surface area contributed by atoms with Gasteiger partial charge in [-0.15, -0.1) is 24.9 Å². The monoisotopic (exact) mass is 527 g/mol. The lowest BCUT2D eigenvalue weighted by Gasteiger charge is -2.37. The summed E-state index contributed by atoms with van der Waals surface area (Å²) in [7, 11) is 3.33. The van der Waals surface area contributed by atoms with E-state index < -0.39 is 22.6 Å². The third-order valence-corrected chi connectivity index (χ3v) is 9.82. The Bertz CT molecular complexity index is 1050. The van der Waals surface area contributed by atoms with Gasteiger partial charge in [0, 0.05) is 44.2 Å². The van der Waals surface area contributed by atoms with Gasteiger partial charge in [0.1, 0.15) is 11.8 Å². The van der Waals surface area contributed by atoms with Crippen LogP contribution in [0.5, 0.6) is 5.75 Å². The van der Waals surface area contributed by atoms with Gasteiger partial charge in [-0.3, -0.25) is 14.4 Å². The molecular formula is C28H37N3O5S. The lowest BCUT2D eigenvalue weighted by molar-refractivity contribution is -0.143. The highest BCUT2D eigenvalue weighted by atomic mass is 32.2. The normalized spacial score (nSPS) is 27.6. The van der Waals surface area contributed by atoms with Crippen molar-refractivity contribution in [2.24, 2.45) is 11.8 Å². The molecule has 1 N–H and O–H groups in total. The van der Waals surface area contributed by atoms with Gasteiger partial charge in [-0.05, 0) is 49.9 Å². The van der Waals surface area contributed by atoms with E-state index >= 15 is 0 Å². The van der Waals surface area contributed by atoms with Crippen LogP contribution in [0, 0.1) is 11.8 Å². The molecule has 3 aliphatic heterocycles. The standard InChI is InChI=1S/C28H37N3O5S/c1-5-15-29(3)25(33)22-21-13-14-28(37-21)23(22)26(34)31(17-7-8-18-32)24(28)27(35)30(16-6-2)19-9-11-20(36-4)12-10-19/h5-6,9-12,21-24,32H,1-2,7-8,13-18H2,3-4H3/t21-,22+,23-,24?,28?/m0/s1. The number of unbranched alkanes of at least 4 members (excludes halogenated alkanes) is 1. The van der Waals surface area contributed by atoms with E-state index in [0.717, 1.165) is 6.42 Å². The number of hydrogen-bond donors (Lipinski definition) is 1. The van der Waals surface area contributed by atoms with Crippen LogP contribution in [0.15, 0.2) is 49.6 Å². The van der Waals surface area contributed by atoms with Gasteiger partial charge in [-0.25, -0.2) is 0 Å². The van der Waals surface area contributed by atoms with Crippen molar-refractivity contribution in [1.82, 2.24) is 9.80 Å². The number of methoxy groups -OCH3 is 1. The maximum absolute atomic E-state index is 14.4. The van der Waals surface area contributed by atoms with Gasteiger partial charge in [-0.1, -0.05) is 12.2 Å². The summed E-state index contributed by atoms with van der Waals surface area (Å²) in [6.07, 6.45) is 6.00. The molecule has 1 aromatic rings. The predicted octanol–water partition coefficient (Wildman–Crippen LogP) is 2.72. The first-order chi connectivity index (χ1) is 17.8. The molecule has 3 saturated heterocycles. The number of carbonyl (C=O) groups is 3. The number of hydrogen-bond acceptors (Lipinski definition) is 6. The summed E-state index contributed by atoms with van der Waals surface area (Å²) >= 11 is 1.66. The fourth-order valence-electron chi connectivity index (χ4n) is 6.25. The zero-order valence-electron chi connectivity index (χ0n) is 21.7. The molecule has 8 nitrogen and oxygen atoms in total. The second-order valence-corrected chi connectivity index (χ2v) is 11.6. The Balaban J connectivity index is 1.73. The van der Waals surface area contributed by atoms with Crippen molar-refractivity contribution in [3.63, 3.8) is 0 Å². The highest BCUT2D eigenvalue weighted by molar-refractivity contribution is 8.02. The number of rotatable bonds is 12. The second-order valence-electron chi connectivity index (χ2n) is 9.96. The number of fused-ring (bicyclic) bond motifs is 1. The lowest BCUT2D eigenvalue weighted by atomic mass is 9.70. The number of likely N-dealkylation sites (N-methyl/N-ethyl adjacent to an activating group) is 1. The number of amides is 3. The molecule has 1 spiro atoms. The number of ether oxygens (including phenoxy) is 1. The maximum atomic E-state index is 14.4. The van der Waals surface area contributed by atoms with E-state index in [9.17, 15) is 19.5 Å². The molecule has 0 aliphatic carbocycles. The van der Waals surface area contributed by atoms with Gasteiger partial charge in [0.2, 0.25) is 11.8 Å². The average Bonchev–Trinajstić information content (AvgIpc) is 3.54. The minimum Gasteiger partial charge on any atom is -0.497 e. The summed E-state index contributed by atoms with van der Waals surface area (Å²) in [4.78, 5) is 46.9. The van der Waals surface area contributed by atoms with Crippen molar-refractivity contribution in [3.8, 4) is 5.75 Å². The van der Waals surface area contributed by atoms with E-state index in [1.165, 1.54) is 0 Å². The second kappa shape index (κ2) is 11.3. The Morgan fingerprint density at radius 3 is 2.51 bits per heavy atom. The topological polar surface area (TPSA) is 90.4 Å². The van der Waals surface area contributed by atoms with Crippen LogP contribution >= 0.6 is 11.8 Å². The SMILES string of the molecule is C=CCN(C)C(=O)[C@@H]1[C@@H]2CCC3(S2)C(C(=O)N(CC=C)c2ccc(OC)cc2)N(CCCCO)C(=O)[C@H]13. The van der Waals surface area contributed by atoms with Crippen molar-refractivity contribution in [3.05, 3.63) is 49.6 Å². The number of anilines is 1. The maximum Gasteiger partial charge on any atom is 0.251 e. The van der Waals surface area contributed by atoms with Gasteiger partial charge in [0.05, 0.1) is 23.7 Å². The molecule has 0 radical (unpaired) electrons. The number of carbonyl (C=O) groups excluding carboxylic acids is 3. The van der Waals surface area contributed by atoms with Crippen molar-refractivity contribution in [1.29, 1.82) is 0 Å². The Morgan fingerprint density at radius 1 is 1.19 bits per heavy atom. The molecule has 1 aromatic carbocycles. The zero-order chi connectivity index (χ0) is 26.7. The van der Waals surface area contributed by atoms with Crippen LogP contribution in [0.1, 0.15) is 25.7 Å². The lowest BCUT2D eigenvalue weighted by Crippen LogP contribution is -2.55. The summed E-state index contributed by atoms with van der Waals surface area (Å²) in [6.45, 7) is 8.69. The third kappa shape index (κ3) is 4.68. The van der Waals surface area contributed by atoms with Crippen LogP contribution < -0.4 is 9.64 Å². The molecule has 37 heavy (non-hydrogen) atoms. The van der Waals surface area contributed by atoms with Crippen LogP contribution in [-0.2, 0) is 14.4 Å². The molecule has 0 aromatic heterocycles. The number of nitrogens with zero attached hydrogens (tertiary/aromatic N) is 3. The summed E-state index contributed by atoms with van der Waals surface area (Å²) in [5, 5.41) is 9.37. The van der Waals surface area contributed by atoms with Gasteiger partial charge >= 0.3 is 0 Å². The summed E-state index contributed by atoms with van der Waals surface area (Å²) in [6, 6.07) is 6.58. The molecular weight excluding hydrogens is 490 g/mol. The molecule has 3 heterocycles. The molecule has 200 valence electrons. The van der Waals surface area contributed by atoms with Gasteiger partial charge in [0.15, 0.2) is 0 Å². The fraction of sp³-hybridized carbons (Fsp3) is 0.536. The largest absolute Gasteiger partial charge is 0.497 e. The third-order valence-electron chi connectivity index (χ3n) is 7.87. The van der Waals surface area contributed by atoms with Crippen molar-refractivity contribution in [2.75, 3.05) is 45.3 Å². The molecule has 5 atom stereocenters. The van der Waals surface area contributed by atoms with Crippen LogP contribution in [0.25, 0.3) is 0 Å². The number of benzene rings is 1. The fourth-order valence-corrected chi connectivity index (χ4v) is 8.45. The highest BCUT2D eigenvalue weighted by Crippen LogP contribution is 2.66. The summed E-state index contributed by atoms with van der Waals surface area (Å²) in [5.74, 6) is -0.650. The molecule has 3 aliphatic rings. The van der Waals surface area contributed by atoms with Crippen molar-refractivity contribution in [2.45, 2.75) is 41.7 Å². The smallest absolute Gasteiger partial charge is 0.251 e. The van der Waals surface area contributed by atoms with E-state index in [-0.39, 0.29) is 29.6 Å². The molecule has 0 saturated carbocycles. The highest BCUT2D eigenvalue weighted by Gasteiger charge is 2.73. The Kier molecular flexibility index (Phi) is 8.33. The molecule has 9 heteroatoms. The van der Waals surface area contributed by atoms with E-state index in [1.807, 2.05) is 12.1 Å². The number of likely N-dealkylation sites (tertiary alicyclic amines) is 1. The van der Waals surface area contributed by atoms with Gasteiger partial charge in [0.25, 0.3) is 5.91 Å². The van der Waals surface area contributed by atoms with Gasteiger partial charge < -0.3 is 24.5 Å². The van der Waals surface area contributed by atoms with Crippen molar-refractivity contribution >= 4 is 35.2 Å². The quantitative estimate of drug-likeness (QED) is 0.332. The predicted molar refractivity (Wildman–Crippen MR) is 146 cm³/mol. The minimum absolute atomic E-state index is 0.0115. The summed E-state index contributed by atoms with van der Waals surface area (Å²) < 4.78 is 4.63. The molecule has 3 fully saturated rings. The zero-order valence-corrected chi connectivity index (χ0v) is 22.5. The van der Waals surface area contributed by atoms with Crippen molar-refractivity contribution < 1.29 is 24.2 Å². The number of aliphatic hydroxyl groups excluding tert-OH is 1. The molecule has 2 unspecified atom stereocenters. The van der Waals surface area contributed by atoms with Gasteiger partial charge in [-0.2, -0.15) is 0 Å². The molecule has 2 bridgehead atoms. The van der Waals surface area contributed by atoms with E-state index in [4.69, 9.17) is 4.74 Å². The van der Waals surface area contributed by atoms with Crippen LogP contribution in [0.3, 0.4) is 0 Å². The molecule has 3 amide bonds. The van der Waals surface area contributed by atoms with Crippen LogP contribution in [0.4, 0.5) is 5.69 Å². The Labute approximate surface area is 223 Å². The van der Waals surface area contributed by atoms with E-state index in [2.05, 4.69) is 13.2 Å². The number of thioether (sulfide) groups is 1. The van der Waals surface area contributed by atoms with E-state index in [1.54, 1.807) is 64.9 Å². The first-order valence-electron chi connectivity index (χ1n) is 12.9.